The molecule has 8 heteroatoms. The zero-order valence-corrected chi connectivity index (χ0v) is 23.9. The molecule has 0 aromatic rings. The molecular weight excluding hydrogens is 488 g/mol. The van der Waals surface area contributed by atoms with E-state index in [-0.39, 0.29) is 35.2 Å². The van der Waals surface area contributed by atoms with Crippen LogP contribution >= 0.6 is 0 Å². The molecule has 1 saturated heterocycles. The second-order valence-corrected chi connectivity index (χ2v) is 11.4. The van der Waals surface area contributed by atoms with Crippen LogP contribution in [-0.2, 0) is 38.1 Å². The molecule has 212 valence electrons. The first-order valence-electron chi connectivity index (χ1n) is 13.6. The minimum atomic E-state index is -1.09. The lowest BCUT2D eigenvalue weighted by Crippen LogP contribution is -2.63. The average molecular weight is 533 g/mol. The molecule has 1 spiro atoms. The molecule has 3 rings (SSSR count). The Balaban J connectivity index is 2.22. The standard InChI is InChI=1S/C30H44O8/c1-10-17(3)12-13-29(8)19(5)14-25(34-9)30-23(27(35-20(6)31)38-28(30)36-21(7)32)15-22(16-24(29)30)37-26(33)18(4)11-2/h10,15,18-19,22,24-25,27-28H,1,3,11-14,16H2,2,4-9H3/t18-,19-,22+,24+,25+,27+,28-,29-,30-/m0/s1. The van der Waals surface area contributed by atoms with E-state index in [2.05, 4.69) is 27.0 Å². The minimum Gasteiger partial charge on any atom is -0.458 e. The maximum atomic E-state index is 12.9. The number of hydrogen-bond donors (Lipinski definition) is 0. The fourth-order valence-corrected chi connectivity index (χ4v) is 6.70. The number of ether oxygens (including phenoxy) is 5. The molecule has 3 aliphatic rings. The van der Waals surface area contributed by atoms with Crippen LogP contribution in [0.4, 0.5) is 0 Å². The number of hydrogen-bond acceptors (Lipinski definition) is 8. The molecule has 1 aliphatic heterocycles. The Labute approximate surface area is 226 Å². The van der Waals surface area contributed by atoms with Gasteiger partial charge < -0.3 is 18.9 Å². The molecule has 2 fully saturated rings. The van der Waals surface area contributed by atoms with E-state index >= 15 is 0 Å². The van der Waals surface area contributed by atoms with Gasteiger partial charge in [0.2, 0.25) is 12.6 Å². The van der Waals surface area contributed by atoms with Crippen molar-refractivity contribution in [2.45, 2.75) is 98.4 Å². The van der Waals surface area contributed by atoms with E-state index in [1.807, 2.05) is 19.9 Å². The van der Waals surface area contributed by atoms with E-state index in [0.29, 0.717) is 24.8 Å². The molecule has 0 unspecified atom stereocenters. The van der Waals surface area contributed by atoms with E-state index in [9.17, 15) is 14.4 Å². The lowest BCUT2D eigenvalue weighted by molar-refractivity contribution is -0.258. The van der Waals surface area contributed by atoms with E-state index in [1.165, 1.54) is 13.8 Å². The van der Waals surface area contributed by atoms with E-state index in [4.69, 9.17) is 23.7 Å². The van der Waals surface area contributed by atoms with E-state index < -0.39 is 36.0 Å². The first kappa shape index (κ1) is 30.1. The number of carbonyl (C=O) groups is 3. The smallest absolute Gasteiger partial charge is 0.309 e. The van der Waals surface area contributed by atoms with E-state index in [1.54, 1.807) is 13.2 Å². The number of methoxy groups -OCH3 is 1. The van der Waals surface area contributed by atoms with Crippen LogP contribution in [0, 0.1) is 28.6 Å². The van der Waals surface area contributed by atoms with Crippen LogP contribution in [0.15, 0.2) is 36.5 Å². The Kier molecular flexibility index (Phi) is 9.30. The summed E-state index contributed by atoms with van der Waals surface area (Å²) in [6.45, 7) is 18.8. The minimum absolute atomic E-state index is 0.194. The van der Waals surface area contributed by atoms with Crippen molar-refractivity contribution in [1.82, 2.24) is 0 Å². The Hall–Kier alpha value is -2.45. The van der Waals surface area contributed by atoms with Crippen LogP contribution in [-0.4, -0.2) is 49.8 Å². The van der Waals surface area contributed by atoms with Crippen LogP contribution in [0.3, 0.4) is 0 Å². The number of esters is 3. The molecule has 0 aromatic heterocycles. The van der Waals surface area contributed by atoms with Gasteiger partial charge in [-0.3, -0.25) is 19.1 Å². The molecule has 1 saturated carbocycles. The second kappa shape index (κ2) is 11.7. The highest BCUT2D eigenvalue weighted by molar-refractivity contribution is 5.72. The predicted molar refractivity (Wildman–Crippen MR) is 141 cm³/mol. The van der Waals surface area contributed by atoms with E-state index in [0.717, 1.165) is 18.4 Å². The Morgan fingerprint density at radius 2 is 1.84 bits per heavy atom. The molecule has 9 atom stereocenters. The van der Waals surface area contributed by atoms with Crippen molar-refractivity contribution in [3.63, 3.8) is 0 Å². The summed E-state index contributed by atoms with van der Waals surface area (Å²) in [6.07, 6.45) is 3.86. The fraction of sp³-hybridized carbons (Fsp3) is 0.700. The Bertz CT molecular complexity index is 985. The van der Waals surface area contributed by atoms with Crippen molar-refractivity contribution in [3.05, 3.63) is 36.5 Å². The van der Waals surface area contributed by atoms with Crippen LogP contribution in [0.1, 0.15) is 73.6 Å². The van der Waals surface area contributed by atoms with Gasteiger partial charge in [0.05, 0.1) is 17.4 Å². The fourth-order valence-electron chi connectivity index (χ4n) is 6.70. The quantitative estimate of drug-likeness (QED) is 0.162. The van der Waals surface area contributed by atoms with Crippen molar-refractivity contribution in [2.75, 3.05) is 7.11 Å². The van der Waals surface area contributed by atoms with Crippen LogP contribution in [0.2, 0.25) is 0 Å². The van der Waals surface area contributed by atoms with Gasteiger partial charge in [0, 0.05) is 26.5 Å². The summed E-state index contributed by atoms with van der Waals surface area (Å²) in [5.41, 5.74) is 0.319. The molecule has 0 N–H and O–H groups in total. The van der Waals surface area contributed by atoms with Crippen LogP contribution in [0.5, 0.6) is 0 Å². The zero-order chi connectivity index (χ0) is 28.4. The van der Waals surface area contributed by atoms with Crippen molar-refractivity contribution in [3.8, 4) is 0 Å². The molecular formula is C30H44O8. The maximum Gasteiger partial charge on any atom is 0.309 e. The van der Waals surface area contributed by atoms with Gasteiger partial charge in [-0.1, -0.05) is 52.5 Å². The van der Waals surface area contributed by atoms with Gasteiger partial charge in [-0.2, -0.15) is 0 Å². The normalized spacial score (nSPS) is 36.7. The van der Waals surface area contributed by atoms with Crippen LogP contribution < -0.4 is 0 Å². The van der Waals surface area contributed by atoms with Gasteiger partial charge in [0.15, 0.2) is 0 Å². The summed E-state index contributed by atoms with van der Waals surface area (Å²) in [5.74, 6) is -1.57. The lowest BCUT2D eigenvalue weighted by Gasteiger charge is -2.61. The van der Waals surface area contributed by atoms with Crippen molar-refractivity contribution < 1.29 is 38.1 Å². The molecule has 0 radical (unpaired) electrons. The summed E-state index contributed by atoms with van der Waals surface area (Å²) in [7, 11) is 1.64. The first-order chi connectivity index (χ1) is 17.8. The molecule has 38 heavy (non-hydrogen) atoms. The molecule has 0 amide bonds. The van der Waals surface area contributed by atoms with Gasteiger partial charge >= 0.3 is 17.9 Å². The highest BCUT2D eigenvalue weighted by Crippen LogP contribution is 2.68. The lowest BCUT2D eigenvalue weighted by atomic mass is 9.45. The van der Waals surface area contributed by atoms with Gasteiger partial charge in [-0.25, -0.2) is 0 Å². The molecule has 8 nitrogen and oxygen atoms in total. The third kappa shape index (κ3) is 5.34. The van der Waals surface area contributed by atoms with Crippen molar-refractivity contribution in [2.24, 2.45) is 28.6 Å². The van der Waals surface area contributed by atoms with Gasteiger partial charge in [-0.05, 0) is 55.4 Å². The third-order valence-electron chi connectivity index (χ3n) is 9.21. The zero-order valence-electron chi connectivity index (χ0n) is 23.9. The number of carbonyl (C=O) groups excluding carboxylic acids is 3. The first-order valence-corrected chi connectivity index (χ1v) is 13.6. The van der Waals surface area contributed by atoms with Crippen molar-refractivity contribution >= 4 is 17.9 Å². The molecule has 1 heterocycles. The van der Waals surface area contributed by atoms with Gasteiger partial charge in [-0.15, -0.1) is 0 Å². The number of rotatable bonds is 10. The SMILES string of the molecule is C=CC(=C)CC[C@]1(C)[C@H]2C[C@H](OC(=O)[C@@H](C)CC)C=C3[C@H](OC(C)=O)O[C@H](OC(C)=O)[C@@]32[C@H](OC)C[C@@H]1C. The predicted octanol–water partition coefficient (Wildman–Crippen LogP) is 5.27. The molecule has 2 aliphatic carbocycles. The highest BCUT2D eigenvalue weighted by atomic mass is 16.8. The largest absolute Gasteiger partial charge is 0.458 e. The molecule has 0 bridgehead atoms. The van der Waals surface area contributed by atoms with Crippen molar-refractivity contribution in [1.29, 1.82) is 0 Å². The number of allylic oxidation sites excluding steroid dienone is 2. The summed E-state index contributed by atoms with van der Waals surface area (Å²) >= 11 is 0. The summed E-state index contributed by atoms with van der Waals surface area (Å²) in [6, 6.07) is 0. The van der Waals surface area contributed by atoms with Crippen LogP contribution in [0.25, 0.3) is 0 Å². The monoisotopic (exact) mass is 532 g/mol. The third-order valence-corrected chi connectivity index (χ3v) is 9.21. The Morgan fingerprint density at radius 1 is 1.18 bits per heavy atom. The Morgan fingerprint density at radius 3 is 2.39 bits per heavy atom. The summed E-state index contributed by atoms with van der Waals surface area (Å²) in [4.78, 5) is 37.3. The van der Waals surface area contributed by atoms with Gasteiger partial charge in [0.25, 0.3) is 0 Å². The summed E-state index contributed by atoms with van der Waals surface area (Å²) < 4.78 is 29.8. The highest BCUT2D eigenvalue weighted by Gasteiger charge is 2.71. The summed E-state index contributed by atoms with van der Waals surface area (Å²) in [5, 5.41) is 0. The second-order valence-electron chi connectivity index (χ2n) is 11.4. The maximum absolute atomic E-state index is 12.9. The topological polar surface area (TPSA) is 97.4 Å². The molecule has 0 aromatic carbocycles. The van der Waals surface area contributed by atoms with Gasteiger partial charge in [0.1, 0.15) is 6.10 Å². The average Bonchev–Trinajstić information content (AvgIpc) is 3.15.